The summed E-state index contributed by atoms with van der Waals surface area (Å²) in [6.45, 7) is 9.13. The fourth-order valence-electron chi connectivity index (χ4n) is 3.66. The van der Waals surface area contributed by atoms with Gasteiger partial charge in [0.15, 0.2) is 17.4 Å². The summed E-state index contributed by atoms with van der Waals surface area (Å²) in [5.74, 6) is 1.66. The number of aryl methyl sites for hydroxylation is 2. The van der Waals surface area contributed by atoms with Crippen LogP contribution < -0.4 is 9.80 Å². The summed E-state index contributed by atoms with van der Waals surface area (Å²) in [5.41, 5.74) is 4.91. The first kappa shape index (κ1) is 19.1. The first-order valence-corrected chi connectivity index (χ1v) is 9.90. The van der Waals surface area contributed by atoms with Crippen molar-refractivity contribution in [2.45, 2.75) is 20.8 Å². The van der Waals surface area contributed by atoms with Gasteiger partial charge in [0, 0.05) is 43.0 Å². The Bertz CT molecular complexity index is 1020. The molecule has 0 spiro atoms. The Morgan fingerprint density at radius 1 is 0.897 bits per heavy atom. The Morgan fingerprint density at radius 2 is 1.59 bits per heavy atom. The third-order valence-electron chi connectivity index (χ3n) is 5.32. The molecule has 0 unspecified atom stereocenters. The van der Waals surface area contributed by atoms with E-state index >= 15 is 0 Å². The van der Waals surface area contributed by atoms with E-state index in [2.05, 4.69) is 39.1 Å². The number of hydrogen-bond acceptors (Lipinski definition) is 6. The van der Waals surface area contributed by atoms with Gasteiger partial charge in [-0.25, -0.2) is 4.98 Å². The second-order valence-corrected chi connectivity index (χ2v) is 7.49. The largest absolute Gasteiger partial charge is 0.368 e. The maximum absolute atomic E-state index is 11.5. The summed E-state index contributed by atoms with van der Waals surface area (Å²) < 4.78 is 0. The average molecular weight is 387 g/mol. The number of carbonyl (C=O) groups is 1. The van der Waals surface area contributed by atoms with Crippen molar-refractivity contribution in [1.82, 2.24) is 15.2 Å². The zero-order chi connectivity index (χ0) is 20.4. The SMILES string of the molecule is CC(=O)c1ccc(N2CCN(c3nc(-c4cccc(C)c4)nnc3C)CC2)cc1. The van der Waals surface area contributed by atoms with Crippen LogP contribution in [0.15, 0.2) is 48.5 Å². The van der Waals surface area contributed by atoms with E-state index in [1.54, 1.807) is 6.92 Å². The summed E-state index contributed by atoms with van der Waals surface area (Å²) in [7, 11) is 0. The zero-order valence-corrected chi connectivity index (χ0v) is 17.1. The molecule has 0 saturated carbocycles. The van der Waals surface area contributed by atoms with Crippen LogP contribution in [-0.4, -0.2) is 47.1 Å². The number of anilines is 2. The molecule has 0 atom stereocenters. The van der Waals surface area contributed by atoms with E-state index in [0.717, 1.165) is 54.5 Å². The normalized spacial score (nSPS) is 14.2. The third kappa shape index (κ3) is 4.11. The molecule has 0 aliphatic carbocycles. The lowest BCUT2D eigenvalue weighted by atomic mass is 10.1. The minimum Gasteiger partial charge on any atom is -0.368 e. The molecule has 1 fully saturated rings. The lowest BCUT2D eigenvalue weighted by Gasteiger charge is -2.37. The predicted molar refractivity (Wildman–Crippen MR) is 116 cm³/mol. The smallest absolute Gasteiger partial charge is 0.183 e. The molecule has 0 amide bonds. The lowest BCUT2D eigenvalue weighted by molar-refractivity contribution is 0.101. The molecular weight excluding hydrogens is 362 g/mol. The van der Waals surface area contributed by atoms with E-state index in [4.69, 9.17) is 4.98 Å². The maximum atomic E-state index is 11.5. The molecule has 29 heavy (non-hydrogen) atoms. The Kier molecular flexibility index (Phi) is 5.25. The van der Waals surface area contributed by atoms with E-state index in [9.17, 15) is 4.79 Å². The highest BCUT2D eigenvalue weighted by molar-refractivity contribution is 5.94. The molecule has 0 N–H and O–H groups in total. The molecule has 2 aromatic carbocycles. The highest BCUT2D eigenvalue weighted by Gasteiger charge is 2.21. The highest BCUT2D eigenvalue weighted by Crippen LogP contribution is 2.24. The molecule has 3 aromatic rings. The standard InChI is InChI=1S/C23H25N5O/c1-16-5-4-6-20(15-16)22-24-23(17(2)25-26-22)28-13-11-27(12-14-28)21-9-7-19(8-10-21)18(3)29/h4-10,15H,11-14H2,1-3H3. The van der Waals surface area contributed by atoms with Crippen molar-refractivity contribution in [3.8, 4) is 11.4 Å². The topological polar surface area (TPSA) is 62.2 Å². The average Bonchev–Trinajstić information content (AvgIpc) is 2.74. The first-order chi connectivity index (χ1) is 14.0. The van der Waals surface area contributed by atoms with Crippen LogP contribution in [0.3, 0.4) is 0 Å². The van der Waals surface area contributed by atoms with Gasteiger partial charge < -0.3 is 9.80 Å². The fraction of sp³-hybridized carbons (Fsp3) is 0.304. The van der Waals surface area contributed by atoms with Crippen LogP contribution in [0.5, 0.6) is 0 Å². The number of hydrogen-bond donors (Lipinski definition) is 0. The van der Waals surface area contributed by atoms with E-state index in [1.165, 1.54) is 5.56 Å². The molecule has 1 aromatic heterocycles. The third-order valence-corrected chi connectivity index (χ3v) is 5.32. The molecule has 0 bridgehead atoms. The number of benzene rings is 2. The number of piperazine rings is 1. The van der Waals surface area contributed by atoms with Crippen LogP contribution >= 0.6 is 0 Å². The van der Waals surface area contributed by atoms with Crippen LogP contribution in [0.25, 0.3) is 11.4 Å². The quantitative estimate of drug-likeness (QED) is 0.637. The molecule has 2 heterocycles. The minimum absolute atomic E-state index is 0.0949. The maximum Gasteiger partial charge on any atom is 0.183 e. The second kappa shape index (κ2) is 7.99. The number of rotatable bonds is 4. The van der Waals surface area contributed by atoms with Gasteiger partial charge in [0.2, 0.25) is 0 Å². The van der Waals surface area contributed by atoms with Crippen molar-refractivity contribution >= 4 is 17.3 Å². The Labute approximate surface area is 171 Å². The van der Waals surface area contributed by atoms with Gasteiger partial charge >= 0.3 is 0 Å². The summed E-state index contributed by atoms with van der Waals surface area (Å²) in [6, 6.07) is 16.0. The van der Waals surface area contributed by atoms with Crippen molar-refractivity contribution in [1.29, 1.82) is 0 Å². The van der Waals surface area contributed by atoms with Crippen molar-refractivity contribution in [3.05, 3.63) is 65.4 Å². The van der Waals surface area contributed by atoms with Gasteiger partial charge in [0.25, 0.3) is 0 Å². The first-order valence-electron chi connectivity index (χ1n) is 9.90. The van der Waals surface area contributed by atoms with Gasteiger partial charge in [-0.2, -0.15) is 0 Å². The molecular formula is C23H25N5O. The molecule has 6 heteroatoms. The van der Waals surface area contributed by atoms with Gasteiger partial charge in [-0.3, -0.25) is 4.79 Å². The van der Waals surface area contributed by atoms with Gasteiger partial charge in [-0.05, 0) is 51.1 Å². The van der Waals surface area contributed by atoms with E-state index in [0.29, 0.717) is 5.82 Å². The Balaban J connectivity index is 1.49. The van der Waals surface area contributed by atoms with E-state index in [1.807, 2.05) is 43.3 Å². The van der Waals surface area contributed by atoms with Gasteiger partial charge in [-0.1, -0.05) is 23.8 Å². The monoisotopic (exact) mass is 387 g/mol. The number of ketones is 1. The van der Waals surface area contributed by atoms with E-state index < -0.39 is 0 Å². The Morgan fingerprint density at radius 3 is 2.24 bits per heavy atom. The number of nitrogens with zero attached hydrogens (tertiary/aromatic N) is 5. The second-order valence-electron chi connectivity index (χ2n) is 7.49. The van der Waals surface area contributed by atoms with Crippen LogP contribution in [0, 0.1) is 13.8 Å². The molecule has 1 aliphatic rings. The van der Waals surface area contributed by atoms with Crippen LogP contribution in [0.1, 0.15) is 28.5 Å². The lowest BCUT2D eigenvalue weighted by Crippen LogP contribution is -2.47. The fourth-order valence-corrected chi connectivity index (χ4v) is 3.66. The summed E-state index contributed by atoms with van der Waals surface area (Å²) in [4.78, 5) is 20.9. The molecule has 0 radical (unpaired) electrons. The minimum atomic E-state index is 0.0949. The Hall–Kier alpha value is -3.28. The molecule has 148 valence electrons. The van der Waals surface area contributed by atoms with Gasteiger partial charge in [-0.15, -0.1) is 10.2 Å². The van der Waals surface area contributed by atoms with Crippen LogP contribution in [0.2, 0.25) is 0 Å². The molecule has 4 rings (SSSR count). The van der Waals surface area contributed by atoms with Crippen molar-refractivity contribution < 1.29 is 4.79 Å². The van der Waals surface area contributed by atoms with Crippen LogP contribution in [-0.2, 0) is 0 Å². The van der Waals surface area contributed by atoms with Crippen molar-refractivity contribution in [2.24, 2.45) is 0 Å². The molecule has 6 nitrogen and oxygen atoms in total. The summed E-state index contributed by atoms with van der Waals surface area (Å²) in [5, 5.41) is 8.67. The number of Topliss-reactive ketones (excluding diaryl/α,β-unsaturated/α-hetero) is 1. The predicted octanol–water partition coefficient (Wildman–Crippen LogP) is 3.68. The van der Waals surface area contributed by atoms with Gasteiger partial charge in [0.05, 0.1) is 0 Å². The van der Waals surface area contributed by atoms with Crippen molar-refractivity contribution in [2.75, 3.05) is 36.0 Å². The summed E-state index contributed by atoms with van der Waals surface area (Å²) in [6.07, 6.45) is 0. The van der Waals surface area contributed by atoms with E-state index in [-0.39, 0.29) is 5.78 Å². The highest BCUT2D eigenvalue weighted by atomic mass is 16.1. The molecule has 1 saturated heterocycles. The summed E-state index contributed by atoms with van der Waals surface area (Å²) >= 11 is 0. The van der Waals surface area contributed by atoms with Crippen molar-refractivity contribution in [3.63, 3.8) is 0 Å². The van der Waals surface area contributed by atoms with Gasteiger partial charge in [0.1, 0.15) is 5.69 Å². The zero-order valence-electron chi connectivity index (χ0n) is 17.1. The van der Waals surface area contributed by atoms with Crippen LogP contribution in [0.4, 0.5) is 11.5 Å². The molecule has 1 aliphatic heterocycles. The number of carbonyl (C=O) groups excluding carboxylic acids is 1. The number of aromatic nitrogens is 3.